The van der Waals surface area contributed by atoms with E-state index in [1.54, 1.807) is 0 Å². The molecule has 0 saturated heterocycles. The predicted octanol–water partition coefficient (Wildman–Crippen LogP) is 7.59. The second kappa shape index (κ2) is 8.09. The van der Waals surface area contributed by atoms with Gasteiger partial charge in [-0.05, 0) is 61.1 Å². The van der Waals surface area contributed by atoms with Crippen molar-refractivity contribution in [3.63, 3.8) is 0 Å². The Balaban J connectivity index is 1.92. The molecule has 3 heteroatoms. The van der Waals surface area contributed by atoms with Gasteiger partial charge in [-0.15, -0.1) is 0 Å². The number of nitrogens with zero attached hydrogens (tertiary/aromatic N) is 1. The fourth-order valence-electron chi connectivity index (χ4n) is 5.26. The van der Waals surface area contributed by atoms with Crippen LogP contribution in [0.25, 0.3) is 44.1 Å². The molecule has 3 aromatic carbocycles. The average Bonchev–Trinajstić information content (AvgIpc) is 3.13. The van der Waals surface area contributed by atoms with Crippen LogP contribution in [0.4, 0.5) is 0 Å². The van der Waals surface area contributed by atoms with E-state index in [9.17, 15) is 0 Å². The number of pyridine rings is 1. The van der Waals surface area contributed by atoms with Crippen LogP contribution in [-0.2, 0) is 13.5 Å². The van der Waals surface area contributed by atoms with Gasteiger partial charge in [0, 0.05) is 28.3 Å². The lowest BCUT2D eigenvalue weighted by Crippen LogP contribution is -2.40. The molecule has 0 unspecified atom stereocenters. The molecule has 2 heterocycles. The van der Waals surface area contributed by atoms with E-state index in [2.05, 4.69) is 114 Å². The zero-order chi connectivity index (χ0) is 24.4. The SMILES string of the molecule is Cc1cc2c(oc3ccccc32)c(-c2cc(CC(C)C)c3ccc([Si](C)(C)C)cc3[n+]2C)c1C. The summed E-state index contributed by atoms with van der Waals surface area (Å²) in [4.78, 5) is 0. The lowest BCUT2D eigenvalue weighted by molar-refractivity contribution is -0.633. The van der Waals surface area contributed by atoms with Gasteiger partial charge in [0.15, 0.2) is 0 Å². The minimum atomic E-state index is -1.44. The van der Waals surface area contributed by atoms with Crippen LogP contribution >= 0.6 is 0 Å². The van der Waals surface area contributed by atoms with Gasteiger partial charge in [-0.25, -0.2) is 0 Å². The van der Waals surface area contributed by atoms with Crippen molar-refractivity contribution < 1.29 is 8.98 Å². The van der Waals surface area contributed by atoms with Crippen molar-refractivity contribution in [1.82, 2.24) is 0 Å². The Morgan fingerprint density at radius 3 is 2.32 bits per heavy atom. The van der Waals surface area contributed by atoms with Crippen molar-refractivity contribution in [3.05, 3.63) is 71.3 Å². The number of benzene rings is 3. The van der Waals surface area contributed by atoms with Crippen molar-refractivity contribution in [2.24, 2.45) is 13.0 Å². The zero-order valence-corrected chi connectivity index (χ0v) is 22.8. The average molecular weight is 467 g/mol. The molecule has 5 aromatic rings. The third kappa shape index (κ3) is 3.67. The van der Waals surface area contributed by atoms with E-state index in [1.807, 2.05) is 0 Å². The number of fused-ring (bicyclic) bond motifs is 4. The Morgan fingerprint density at radius 2 is 1.62 bits per heavy atom. The van der Waals surface area contributed by atoms with Crippen LogP contribution in [0.15, 0.2) is 59.0 Å². The van der Waals surface area contributed by atoms with Gasteiger partial charge < -0.3 is 4.42 Å². The summed E-state index contributed by atoms with van der Waals surface area (Å²) in [5, 5.41) is 5.26. The fraction of sp³-hybridized carbons (Fsp3) is 0.323. The Hall–Kier alpha value is -2.91. The summed E-state index contributed by atoms with van der Waals surface area (Å²) in [6.45, 7) is 16.4. The van der Waals surface area contributed by atoms with E-state index in [0.29, 0.717) is 5.92 Å². The van der Waals surface area contributed by atoms with Gasteiger partial charge in [0.05, 0.1) is 13.6 Å². The largest absolute Gasteiger partial charge is 0.455 e. The summed E-state index contributed by atoms with van der Waals surface area (Å²) in [5.74, 6) is 0.588. The van der Waals surface area contributed by atoms with E-state index >= 15 is 0 Å². The van der Waals surface area contributed by atoms with Crippen molar-refractivity contribution in [2.75, 3.05) is 0 Å². The minimum absolute atomic E-state index is 0.588. The molecular formula is C31H36NOSi+. The molecule has 0 aliphatic carbocycles. The first-order valence-corrected chi connectivity index (χ1v) is 15.9. The summed E-state index contributed by atoms with van der Waals surface area (Å²) < 4.78 is 8.93. The maximum absolute atomic E-state index is 6.53. The molecule has 0 radical (unpaired) electrons. The molecule has 0 aliphatic heterocycles. The first-order chi connectivity index (χ1) is 16.1. The molecule has 2 aromatic heterocycles. The van der Waals surface area contributed by atoms with Gasteiger partial charge in [0.25, 0.3) is 0 Å². The van der Waals surface area contributed by atoms with Crippen LogP contribution in [0, 0.1) is 19.8 Å². The third-order valence-electron chi connectivity index (χ3n) is 7.32. The second-order valence-corrected chi connectivity index (χ2v) is 16.4. The second-order valence-electron chi connectivity index (χ2n) is 11.4. The Kier molecular flexibility index (Phi) is 5.44. The van der Waals surface area contributed by atoms with Crippen LogP contribution in [0.5, 0.6) is 0 Å². The standard InChI is InChI=1S/C31H36NOSi/c1-19(2)15-22-17-28(32(5)27-18-23(34(6,7)8)13-14-24(22)27)30-21(4)20(3)16-26-25-11-9-10-12-29(25)33-31(26)30/h9-14,16-19H,15H2,1-8H3/q+1. The number of aryl methyl sites for hydroxylation is 2. The predicted molar refractivity (Wildman–Crippen MR) is 149 cm³/mol. The lowest BCUT2D eigenvalue weighted by atomic mass is 9.92. The molecule has 0 amide bonds. The summed E-state index contributed by atoms with van der Waals surface area (Å²) >= 11 is 0. The highest BCUT2D eigenvalue weighted by molar-refractivity contribution is 6.88. The highest BCUT2D eigenvalue weighted by Gasteiger charge is 2.27. The summed E-state index contributed by atoms with van der Waals surface area (Å²) in [7, 11) is 0.786. The normalized spacial score (nSPS) is 12.5. The lowest BCUT2D eigenvalue weighted by Gasteiger charge is -2.18. The number of para-hydroxylation sites is 1. The van der Waals surface area contributed by atoms with Gasteiger partial charge in [-0.3, -0.25) is 0 Å². The molecule has 0 saturated carbocycles. The number of hydrogen-bond acceptors (Lipinski definition) is 1. The van der Waals surface area contributed by atoms with Crippen LogP contribution < -0.4 is 9.75 Å². The molecule has 0 spiro atoms. The van der Waals surface area contributed by atoms with Gasteiger partial charge in [0.2, 0.25) is 11.2 Å². The van der Waals surface area contributed by atoms with E-state index < -0.39 is 8.07 Å². The van der Waals surface area contributed by atoms with Crippen LogP contribution in [0.2, 0.25) is 19.6 Å². The van der Waals surface area contributed by atoms with Crippen molar-refractivity contribution in [3.8, 4) is 11.3 Å². The minimum Gasteiger partial charge on any atom is -0.455 e. The van der Waals surface area contributed by atoms with Crippen molar-refractivity contribution >= 4 is 46.1 Å². The maximum atomic E-state index is 6.53. The fourth-order valence-corrected chi connectivity index (χ4v) is 6.41. The highest BCUT2D eigenvalue weighted by Crippen LogP contribution is 2.39. The summed E-state index contributed by atoms with van der Waals surface area (Å²) in [6, 6.07) is 20.3. The zero-order valence-electron chi connectivity index (χ0n) is 21.8. The van der Waals surface area contributed by atoms with Gasteiger partial charge >= 0.3 is 0 Å². The monoisotopic (exact) mass is 466 g/mol. The molecule has 174 valence electrons. The van der Waals surface area contributed by atoms with Crippen molar-refractivity contribution in [1.29, 1.82) is 0 Å². The molecule has 0 bridgehead atoms. The van der Waals surface area contributed by atoms with E-state index in [4.69, 9.17) is 4.42 Å². The molecular weight excluding hydrogens is 430 g/mol. The molecule has 0 aliphatic rings. The Labute approximate surface area is 204 Å². The molecule has 5 rings (SSSR count). The molecule has 34 heavy (non-hydrogen) atoms. The summed E-state index contributed by atoms with van der Waals surface area (Å²) in [5.41, 5.74) is 9.74. The van der Waals surface area contributed by atoms with E-state index in [-0.39, 0.29) is 0 Å². The van der Waals surface area contributed by atoms with Crippen LogP contribution in [0.1, 0.15) is 30.5 Å². The smallest absolute Gasteiger partial charge is 0.217 e. The van der Waals surface area contributed by atoms with E-state index in [1.165, 1.54) is 54.8 Å². The van der Waals surface area contributed by atoms with Crippen LogP contribution in [-0.4, -0.2) is 8.07 Å². The van der Waals surface area contributed by atoms with Crippen LogP contribution in [0.3, 0.4) is 0 Å². The third-order valence-corrected chi connectivity index (χ3v) is 9.36. The highest BCUT2D eigenvalue weighted by atomic mass is 28.3. The Bertz CT molecular complexity index is 1570. The van der Waals surface area contributed by atoms with Gasteiger partial charge in [0.1, 0.15) is 18.2 Å². The Morgan fingerprint density at radius 1 is 0.882 bits per heavy atom. The van der Waals surface area contributed by atoms with Crippen molar-refractivity contribution in [2.45, 2.75) is 53.8 Å². The number of furan rings is 1. The number of rotatable bonds is 4. The number of hydrogen-bond donors (Lipinski definition) is 0. The van der Waals surface area contributed by atoms with Gasteiger partial charge in [-0.2, -0.15) is 4.57 Å². The van der Waals surface area contributed by atoms with E-state index in [0.717, 1.165) is 17.6 Å². The van der Waals surface area contributed by atoms with Gasteiger partial charge in [-0.1, -0.05) is 62.9 Å². The molecule has 0 fully saturated rings. The first-order valence-electron chi connectivity index (χ1n) is 12.4. The molecule has 0 atom stereocenters. The quantitative estimate of drug-likeness (QED) is 0.197. The molecule has 0 N–H and O–H groups in total. The molecule has 2 nitrogen and oxygen atoms in total. The summed E-state index contributed by atoms with van der Waals surface area (Å²) in [6.07, 6.45) is 1.06. The maximum Gasteiger partial charge on any atom is 0.217 e. The number of aromatic nitrogens is 1. The topological polar surface area (TPSA) is 17.0 Å². The first kappa shape index (κ1) is 22.9.